The van der Waals surface area contributed by atoms with Gasteiger partial charge < -0.3 is 15.7 Å². The monoisotopic (exact) mass is 533 g/mol. The number of hydrogen-bond acceptors (Lipinski definition) is 7. The van der Waals surface area contributed by atoms with E-state index in [9.17, 15) is 18.0 Å². The minimum Gasteiger partial charge on any atom is -0.397 e. The minimum atomic E-state index is -4.49. The number of rotatable bonds is 2. The first kappa shape index (κ1) is 29.0. The van der Waals surface area contributed by atoms with Gasteiger partial charge in [-0.25, -0.2) is 4.98 Å². The van der Waals surface area contributed by atoms with Crippen molar-refractivity contribution in [1.82, 2.24) is 14.5 Å². The maximum absolute atomic E-state index is 12.7. The molecule has 0 unspecified atom stereocenters. The van der Waals surface area contributed by atoms with E-state index < -0.39 is 17.3 Å². The molecule has 4 rings (SSSR count). The van der Waals surface area contributed by atoms with Crippen LogP contribution in [0.2, 0.25) is 5.02 Å². The van der Waals surface area contributed by atoms with E-state index in [1.165, 1.54) is 54.5 Å². The number of aliphatic hydroxyl groups is 1. The summed E-state index contributed by atoms with van der Waals surface area (Å²) in [7, 11) is 1.44. The Morgan fingerprint density at radius 3 is 2.34 bits per heavy atom. The van der Waals surface area contributed by atoms with Gasteiger partial charge in [0.2, 0.25) is 0 Å². The second-order valence-electron chi connectivity index (χ2n) is 7.73. The fraction of sp³-hybridized carbons (Fsp3) is 0.522. The van der Waals surface area contributed by atoms with Gasteiger partial charge in [-0.05, 0) is 44.4 Å². The molecular formula is C23H31ClF3N5O2S. The molecule has 0 atom stereocenters. The molecule has 1 fully saturated rings. The Morgan fingerprint density at radius 2 is 1.86 bits per heavy atom. The maximum atomic E-state index is 12.7. The molecule has 0 amide bonds. The molecule has 0 spiro atoms. The molecular weight excluding hydrogens is 503 g/mol. The number of anilines is 1. The number of amidine groups is 1. The highest BCUT2D eigenvalue weighted by Crippen LogP contribution is 2.35. The maximum Gasteiger partial charge on any atom is 0.416 e. The smallest absolute Gasteiger partial charge is 0.397 e. The average Bonchev–Trinajstić information content (AvgIpc) is 3.52. The van der Waals surface area contributed by atoms with Crippen LogP contribution in [0.1, 0.15) is 37.9 Å². The van der Waals surface area contributed by atoms with Crippen LogP contribution in [-0.2, 0) is 19.6 Å². The lowest BCUT2D eigenvalue weighted by molar-refractivity contribution is -0.137. The quantitative estimate of drug-likeness (QED) is 0.592. The molecule has 1 saturated heterocycles. The zero-order chi connectivity index (χ0) is 26.2. The first-order valence-corrected chi connectivity index (χ1v) is 12.7. The largest absolute Gasteiger partial charge is 0.416 e. The Bertz CT molecular complexity index is 1090. The minimum absolute atomic E-state index is 0.0248. The molecule has 3 heterocycles. The molecule has 7 nitrogen and oxygen atoms in total. The lowest BCUT2D eigenvalue weighted by Crippen LogP contribution is -2.25. The van der Waals surface area contributed by atoms with E-state index in [2.05, 4.69) is 14.9 Å². The van der Waals surface area contributed by atoms with Crippen LogP contribution in [0.3, 0.4) is 0 Å². The van der Waals surface area contributed by atoms with Crippen molar-refractivity contribution in [3.8, 4) is 11.4 Å². The lowest BCUT2D eigenvalue weighted by atomic mass is 10.1. The van der Waals surface area contributed by atoms with E-state index in [-0.39, 0.29) is 28.7 Å². The Balaban J connectivity index is 0.000000273. The van der Waals surface area contributed by atoms with Crippen molar-refractivity contribution >= 4 is 34.2 Å². The molecule has 12 heteroatoms. The molecule has 2 aliphatic rings. The number of nitrogen functional groups attached to an aromatic ring is 1. The fourth-order valence-corrected chi connectivity index (χ4v) is 4.65. The van der Waals surface area contributed by atoms with Gasteiger partial charge in [0.15, 0.2) is 5.17 Å². The Morgan fingerprint density at radius 1 is 1.23 bits per heavy atom. The number of thioether (sulfide) groups is 1. The predicted molar refractivity (Wildman–Crippen MR) is 137 cm³/mol. The zero-order valence-electron chi connectivity index (χ0n) is 20.0. The van der Waals surface area contributed by atoms with Crippen molar-refractivity contribution in [3.63, 3.8) is 0 Å². The Labute approximate surface area is 212 Å². The summed E-state index contributed by atoms with van der Waals surface area (Å²) >= 11 is 7.86. The second-order valence-corrected chi connectivity index (χ2v) is 9.20. The van der Waals surface area contributed by atoms with Crippen LogP contribution in [0.5, 0.6) is 0 Å². The number of aliphatic imine (C=N–C) groups is 1. The van der Waals surface area contributed by atoms with Gasteiger partial charge in [-0.15, -0.1) is 0 Å². The van der Waals surface area contributed by atoms with Gasteiger partial charge >= 0.3 is 6.18 Å². The molecule has 2 aromatic rings. The van der Waals surface area contributed by atoms with Crippen LogP contribution in [0.4, 0.5) is 18.9 Å². The van der Waals surface area contributed by atoms with Crippen LogP contribution >= 0.6 is 23.4 Å². The topological polar surface area (TPSA) is 96.7 Å². The number of aryl methyl sites for hydroxylation is 1. The lowest BCUT2D eigenvalue weighted by Gasteiger charge is -2.15. The third kappa shape index (κ3) is 7.62. The number of benzene rings is 1. The standard InChI is InChI=1S/C14H13ClF3N3O.C7H12N2S.C2H6O/c1-3-10-11(19)13(22)21(2)12(20-10)8-5-4-7(6-9(8)15)14(16,17)18;1-2-5-9(4-1)7-8-3-6-10-7;1-2-3/h4-6H,3,19H2,1-2H3;1-6H2;3H,2H2,1H3. The van der Waals surface area contributed by atoms with E-state index >= 15 is 0 Å². The van der Waals surface area contributed by atoms with Crippen LogP contribution in [0.15, 0.2) is 28.0 Å². The summed E-state index contributed by atoms with van der Waals surface area (Å²) in [6.45, 7) is 7.23. The summed E-state index contributed by atoms with van der Waals surface area (Å²) in [5.41, 5.74) is 5.01. The molecule has 3 N–H and O–H groups in total. The van der Waals surface area contributed by atoms with Crippen molar-refractivity contribution in [3.05, 3.63) is 44.8 Å². The summed E-state index contributed by atoms with van der Waals surface area (Å²) < 4.78 is 39.2. The van der Waals surface area contributed by atoms with Crippen LogP contribution in [-0.4, -0.2) is 56.7 Å². The molecule has 1 aromatic heterocycles. The first-order valence-electron chi connectivity index (χ1n) is 11.3. The van der Waals surface area contributed by atoms with E-state index in [4.69, 9.17) is 22.4 Å². The summed E-state index contributed by atoms with van der Waals surface area (Å²) in [5.74, 6) is 1.38. The number of hydrogen-bond donors (Lipinski definition) is 2. The summed E-state index contributed by atoms with van der Waals surface area (Å²) in [6.07, 6.45) is -1.34. The highest BCUT2D eigenvalue weighted by atomic mass is 35.5. The molecule has 1 aromatic carbocycles. The molecule has 0 radical (unpaired) electrons. The summed E-state index contributed by atoms with van der Waals surface area (Å²) in [6, 6.07) is 2.91. The van der Waals surface area contributed by atoms with E-state index in [0.717, 1.165) is 18.7 Å². The molecule has 0 bridgehead atoms. The molecule has 0 saturated carbocycles. The van der Waals surface area contributed by atoms with E-state index in [1.807, 2.05) is 11.8 Å². The summed E-state index contributed by atoms with van der Waals surface area (Å²) in [4.78, 5) is 23.1. The van der Waals surface area contributed by atoms with Gasteiger partial charge in [0.1, 0.15) is 11.5 Å². The normalized spacial score (nSPS) is 15.2. The Kier molecular flexibility index (Phi) is 10.9. The molecule has 35 heavy (non-hydrogen) atoms. The van der Waals surface area contributed by atoms with Crippen molar-refractivity contribution < 1.29 is 18.3 Å². The number of alkyl halides is 3. The second kappa shape index (κ2) is 13.2. The van der Waals surface area contributed by atoms with Gasteiger partial charge in [0.25, 0.3) is 5.56 Å². The molecule has 194 valence electrons. The third-order valence-corrected chi connectivity index (χ3v) is 6.57. The highest BCUT2D eigenvalue weighted by Gasteiger charge is 2.31. The van der Waals surface area contributed by atoms with Crippen molar-refractivity contribution in [1.29, 1.82) is 0 Å². The highest BCUT2D eigenvalue weighted by molar-refractivity contribution is 8.14. The number of halogens is 4. The number of aromatic nitrogens is 2. The van der Waals surface area contributed by atoms with Crippen LogP contribution in [0, 0.1) is 0 Å². The predicted octanol–water partition coefficient (Wildman–Crippen LogP) is 4.45. The van der Waals surface area contributed by atoms with Gasteiger partial charge in [-0.1, -0.05) is 30.3 Å². The average molecular weight is 534 g/mol. The first-order chi connectivity index (χ1) is 16.5. The fourth-order valence-electron chi connectivity index (χ4n) is 3.47. The van der Waals surface area contributed by atoms with Crippen molar-refractivity contribution in [2.45, 2.75) is 39.3 Å². The third-order valence-electron chi connectivity index (χ3n) is 5.22. The number of likely N-dealkylation sites (tertiary alicyclic amines) is 1. The van der Waals surface area contributed by atoms with Gasteiger partial charge in [-0.3, -0.25) is 14.4 Å². The van der Waals surface area contributed by atoms with Crippen LogP contribution < -0.4 is 11.3 Å². The number of nitrogens with two attached hydrogens (primary N) is 1. The number of nitrogens with zero attached hydrogens (tertiary/aromatic N) is 4. The van der Waals surface area contributed by atoms with Crippen molar-refractivity contribution in [2.24, 2.45) is 12.0 Å². The SMILES string of the molecule is C1CCN(C2=NCCS2)C1.CCO.CCc1nc(-c2ccc(C(F)(F)F)cc2Cl)n(C)c(=O)c1N. The molecule has 0 aliphatic carbocycles. The Hall–Kier alpha value is -2.24. The van der Waals surface area contributed by atoms with Crippen LogP contribution in [0.25, 0.3) is 11.4 Å². The van der Waals surface area contributed by atoms with Gasteiger partial charge in [0, 0.05) is 38.1 Å². The van der Waals surface area contributed by atoms with Gasteiger partial charge in [0.05, 0.1) is 22.8 Å². The van der Waals surface area contributed by atoms with Gasteiger partial charge in [-0.2, -0.15) is 13.2 Å². The summed E-state index contributed by atoms with van der Waals surface area (Å²) in [5, 5.41) is 8.74. The molecule has 2 aliphatic heterocycles. The zero-order valence-corrected chi connectivity index (χ0v) is 21.6. The number of aliphatic hydroxyl groups excluding tert-OH is 1. The van der Waals surface area contributed by atoms with E-state index in [0.29, 0.717) is 12.1 Å². The van der Waals surface area contributed by atoms with E-state index in [1.54, 1.807) is 13.8 Å². The van der Waals surface area contributed by atoms with Crippen molar-refractivity contribution in [2.75, 3.05) is 37.7 Å².